The van der Waals surface area contributed by atoms with Crippen molar-refractivity contribution in [2.75, 3.05) is 5.73 Å². The first kappa shape index (κ1) is 11.6. The number of imidazole rings is 1. The molecule has 6 heteroatoms. The molecule has 2 N–H and O–H groups in total. The molecular formula is C13H10F2N4. The largest absolute Gasteiger partial charge is 0.369 e. The number of anilines is 1. The molecule has 0 aliphatic rings. The highest BCUT2D eigenvalue weighted by Gasteiger charge is 2.14. The number of nitrogens with zero attached hydrogens (tertiary/aromatic N) is 3. The van der Waals surface area contributed by atoms with Crippen LogP contribution in [0.25, 0.3) is 11.0 Å². The van der Waals surface area contributed by atoms with Gasteiger partial charge in [0, 0.05) is 18.3 Å². The molecule has 0 radical (unpaired) electrons. The molecule has 0 bridgehead atoms. The van der Waals surface area contributed by atoms with Gasteiger partial charge in [-0.2, -0.15) is 0 Å². The van der Waals surface area contributed by atoms with E-state index in [-0.39, 0.29) is 11.5 Å². The lowest BCUT2D eigenvalue weighted by Crippen LogP contribution is -2.05. The number of pyridine rings is 1. The van der Waals surface area contributed by atoms with E-state index < -0.39 is 11.6 Å². The van der Waals surface area contributed by atoms with Crippen LogP contribution in [0.2, 0.25) is 0 Å². The van der Waals surface area contributed by atoms with Crippen LogP contribution in [0, 0.1) is 11.6 Å². The van der Waals surface area contributed by atoms with Gasteiger partial charge in [-0.15, -0.1) is 0 Å². The molecule has 0 saturated carbocycles. The Kier molecular flexibility index (Phi) is 2.63. The summed E-state index contributed by atoms with van der Waals surface area (Å²) in [5, 5.41) is 0. The van der Waals surface area contributed by atoms with Crippen molar-refractivity contribution < 1.29 is 8.78 Å². The van der Waals surface area contributed by atoms with Crippen LogP contribution in [0.1, 0.15) is 5.69 Å². The van der Waals surface area contributed by atoms with Gasteiger partial charge < -0.3 is 10.3 Å². The van der Waals surface area contributed by atoms with Gasteiger partial charge in [-0.1, -0.05) is 6.07 Å². The minimum absolute atomic E-state index is 0.0647. The first-order valence-corrected chi connectivity index (χ1v) is 5.66. The van der Waals surface area contributed by atoms with Crippen LogP contribution in [0.4, 0.5) is 14.7 Å². The summed E-state index contributed by atoms with van der Waals surface area (Å²) in [4.78, 5) is 8.08. The predicted octanol–water partition coefficient (Wildman–Crippen LogP) is 2.34. The molecule has 0 aliphatic heterocycles. The Balaban J connectivity index is 2.15. The summed E-state index contributed by atoms with van der Waals surface area (Å²) in [5.41, 5.74) is 6.87. The van der Waals surface area contributed by atoms with Gasteiger partial charge in [0.25, 0.3) is 0 Å². The van der Waals surface area contributed by atoms with E-state index in [0.717, 1.165) is 11.8 Å². The van der Waals surface area contributed by atoms with Crippen molar-refractivity contribution in [3.05, 3.63) is 53.9 Å². The third kappa shape index (κ3) is 2.01. The first-order valence-electron chi connectivity index (χ1n) is 5.66. The zero-order valence-electron chi connectivity index (χ0n) is 9.85. The van der Waals surface area contributed by atoms with Gasteiger partial charge in [-0.3, -0.25) is 4.98 Å². The van der Waals surface area contributed by atoms with E-state index in [9.17, 15) is 8.78 Å². The molecule has 0 aliphatic carbocycles. The molecule has 0 atom stereocenters. The van der Waals surface area contributed by atoms with Crippen molar-refractivity contribution in [3.8, 4) is 0 Å². The van der Waals surface area contributed by atoms with Gasteiger partial charge in [0.15, 0.2) is 5.82 Å². The summed E-state index contributed by atoms with van der Waals surface area (Å²) < 4.78 is 28.4. The number of benzene rings is 1. The van der Waals surface area contributed by atoms with Crippen LogP contribution in [0.3, 0.4) is 0 Å². The lowest BCUT2D eigenvalue weighted by Gasteiger charge is -2.05. The third-order valence-electron chi connectivity index (χ3n) is 2.85. The highest BCUT2D eigenvalue weighted by Crippen LogP contribution is 2.22. The summed E-state index contributed by atoms with van der Waals surface area (Å²) in [6.07, 6.45) is 1.64. The minimum Gasteiger partial charge on any atom is -0.369 e. The Bertz CT molecular complexity index is 737. The summed E-state index contributed by atoms with van der Waals surface area (Å²) in [7, 11) is 0. The molecule has 2 heterocycles. The summed E-state index contributed by atoms with van der Waals surface area (Å²) in [6, 6.07) is 7.43. The molecule has 0 unspecified atom stereocenters. The Morgan fingerprint density at radius 1 is 1.21 bits per heavy atom. The van der Waals surface area contributed by atoms with Crippen LogP contribution in [-0.2, 0) is 6.54 Å². The normalized spacial score (nSPS) is 11.1. The number of rotatable bonds is 2. The number of nitrogen functional groups attached to an aromatic ring is 1. The van der Waals surface area contributed by atoms with Crippen LogP contribution >= 0.6 is 0 Å². The van der Waals surface area contributed by atoms with E-state index in [0.29, 0.717) is 12.1 Å². The molecule has 2 aromatic heterocycles. The van der Waals surface area contributed by atoms with Gasteiger partial charge in [0.2, 0.25) is 5.95 Å². The molecule has 3 rings (SSSR count). The molecule has 4 nitrogen and oxygen atoms in total. The summed E-state index contributed by atoms with van der Waals surface area (Å²) >= 11 is 0. The van der Waals surface area contributed by atoms with Gasteiger partial charge in [-0.05, 0) is 12.1 Å². The topological polar surface area (TPSA) is 56.7 Å². The molecule has 1 aromatic carbocycles. The van der Waals surface area contributed by atoms with Gasteiger partial charge >= 0.3 is 0 Å². The fourth-order valence-corrected chi connectivity index (χ4v) is 1.99. The van der Waals surface area contributed by atoms with Crippen LogP contribution < -0.4 is 5.73 Å². The number of halogens is 2. The van der Waals surface area contributed by atoms with E-state index >= 15 is 0 Å². The zero-order chi connectivity index (χ0) is 13.4. The predicted molar refractivity (Wildman–Crippen MR) is 67.4 cm³/mol. The number of nitrogens with two attached hydrogens (primary N) is 1. The van der Waals surface area contributed by atoms with Crippen LogP contribution in [-0.4, -0.2) is 14.5 Å². The minimum atomic E-state index is -0.721. The molecule has 0 fully saturated rings. The van der Waals surface area contributed by atoms with Gasteiger partial charge in [0.05, 0.1) is 17.8 Å². The number of fused-ring (bicyclic) bond motifs is 1. The standard InChI is InChI=1S/C13H10F2N4/c14-8-5-10(15)12-11(6-8)19(13(16)18-12)7-9-3-1-2-4-17-9/h1-6H,7H2,(H2,16,18). The van der Waals surface area contributed by atoms with Gasteiger partial charge in [0.1, 0.15) is 11.3 Å². The fraction of sp³-hybridized carbons (Fsp3) is 0.0769. The van der Waals surface area contributed by atoms with E-state index in [1.807, 2.05) is 6.07 Å². The van der Waals surface area contributed by atoms with Crippen molar-refractivity contribution in [1.82, 2.24) is 14.5 Å². The second kappa shape index (κ2) is 4.31. The van der Waals surface area contributed by atoms with E-state index in [4.69, 9.17) is 5.73 Å². The molecule has 3 aromatic rings. The maximum Gasteiger partial charge on any atom is 0.201 e. The lowest BCUT2D eigenvalue weighted by atomic mass is 10.3. The molecule has 0 amide bonds. The van der Waals surface area contributed by atoms with Crippen molar-refractivity contribution in [2.45, 2.75) is 6.54 Å². The van der Waals surface area contributed by atoms with E-state index in [1.165, 1.54) is 10.6 Å². The molecule has 0 saturated heterocycles. The molecule has 96 valence electrons. The maximum absolute atomic E-state index is 13.6. The van der Waals surface area contributed by atoms with Crippen LogP contribution in [0.15, 0.2) is 36.5 Å². The molecule has 0 spiro atoms. The first-order chi connectivity index (χ1) is 9.15. The smallest absolute Gasteiger partial charge is 0.201 e. The van der Waals surface area contributed by atoms with Crippen molar-refractivity contribution in [1.29, 1.82) is 0 Å². The Morgan fingerprint density at radius 3 is 2.79 bits per heavy atom. The lowest BCUT2D eigenvalue weighted by molar-refractivity contribution is 0.590. The highest BCUT2D eigenvalue weighted by atomic mass is 19.1. The average molecular weight is 260 g/mol. The van der Waals surface area contributed by atoms with Crippen molar-refractivity contribution >= 4 is 17.0 Å². The third-order valence-corrected chi connectivity index (χ3v) is 2.85. The Hall–Kier alpha value is -2.50. The highest BCUT2D eigenvalue weighted by molar-refractivity contribution is 5.79. The SMILES string of the molecule is Nc1nc2c(F)cc(F)cc2n1Cc1ccccn1. The summed E-state index contributed by atoms with van der Waals surface area (Å²) in [6.45, 7) is 0.312. The van der Waals surface area contributed by atoms with E-state index in [1.54, 1.807) is 18.3 Å². The van der Waals surface area contributed by atoms with Crippen LogP contribution in [0.5, 0.6) is 0 Å². The van der Waals surface area contributed by atoms with E-state index in [2.05, 4.69) is 9.97 Å². The maximum atomic E-state index is 13.6. The zero-order valence-corrected chi connectivity index (χ0v) is 9.85. The van der Waals surface area contributed by atoms with Crippen molar-refractivity contribution in [2.24, 2.45) is 0 Å². The number of aromatic nitrogens is 3. The Labute approximate surface area is 107 Å². The summed E-state index contributed by atoms with van der Waals surface area (Å²) in [5.74, 6) is -1.25. The van der Waals surface area contributed by atoms with Gasteiger partial charge in [-0.25, -0.2) is 13.8 Å². The fourth-order valence-electron chi connectivity index (χ4n) is 1.99. The second-order valence-corrected chi connectivity index (χ2v) is 4.13. The molecule has 19 heavy (non-hydrogen) atoms. The second-order valence-electron chi connectivity index (χ2n) is 4.13. The molecular weight excluding hydrogens is 250 g/mol. The quantitative estimate of drug-likeness (QED) is 0.769. The Morgan fingerprint density at radius 2 is 2.05 bits per heavy atom. The van der Waals surface area contributed by atoms with Crippen molar-refractivity contribution in [3.63, 3.8) is 0 Å². The average Bonchev–Trinajstić information content (AvgIpc) is 2.69. The monoisotopic (exact) mass is 260 g/mol. The number of hydrogen-bond acceptors (Lipinski definition) is 3. The number of hydrogen-bond donors (Lipinski definition) is 1.